The molecular formula is C15H27N5O7. The largest absolute Gasteiger partial charge is 0.481 e. The number of carbonyl (C=O) groups is 5. The number of carbonyl (C=O) groups excluding carboxylic acids is 3. The molecule has 0 saturated carbocycles. The van der Waals surface area contributed by atoms with Crippen molar-refractivity contribution in [2.45, 2.75) is 44.2 Å². The maximum atomic E-state index is 12.2. The molecule has 0 fully saturated rings. The average Bonchev–Trinajstić information content (AvgIpc) is 2.61. The quantitative estimate of drug-likeness (QED) is 0.152. The minimum absolute atomic E-state index is 0.293. The lowest BCUT2D eigenvalue weighted by Crippen LogP contribution is -2.51. The first-order valence-corrected chi connectivity index (χ1v) is 8.42. The number of nitrogens with two attached hydrogens (primary N) is 2. The zero-order chi connectivity index (χ0) is 20.8. The number of unbranched alkanes of at least 4 members (excludes halogenated alkanes) is 1. The van der Waals surface area contributed by atoms with Gasteiger partial charge in [-0.15, -0.1) is 0 Å². The van der Waals surface area contributed by atoms with E-state index in [2.05, 4.69) is 16.0 Å². The minimum Gasteiger partial charge on any atom is -0.481 e. The molecule has 0 aromatic rings. The third-order valence-corrected chi connectivity index (χ3v) is 3.49. The molecule has 0 bridgehead atoms. The fourth-order valence-electron chi connectivity index (χ4n) is 2.08. The molecule has 0 saturated heterocycles. The molecule has 0 aliphatic rings. The van der Waals surface area contributed by atoms with Gasteiger partial charge in [-0.1, -0.05) is 0 Å². The van der Waals surface area contributed by atoms with Gasteiger partial charge in [0.2, 0.25) is 17.7 Å². The number of hydrogen-bond acceptors (Lipinski definition) is 7. The van der Waals surface area contributed by atoms with E-state index in [1.54, 1.807) is 0 Å². The van der Waals surface area contributed by atoms with E-state index < -0.39 is 54.7 Å². The van der Waals surface area contributed by atoms with Crippen LogP contribution in [-0.4, -0.2) is 71.6 Å². The molecule has 0 spiro atoms. The van der Waals surface area contributed by atoms with Gasteiger partial charge in [-0.25, -0.2) is 4.79 Å². The zero-order valence-corrected chi connectivity index (χ0v) is 14.9. The van der Waals surface area contributed by atoms with Crippen molar-refractivity contribution in [1.29, 1.82) is 0 Å². The molecule has 27 heavy (non-hydrogen) atoms. The van der Waals surface area contributed by atoms with Crippen molar-refractivity contribution in [3.05, 3.63) is 0 Å². The van der Waals surface area contributed by atoms with Crippen LogP contribution < -0.4 is 27.4 Å². The molecule has 154 valence electrons. The molecule has 9 N–H and O–H groups in total. The second kappa shape index (κ2) is 13.5. The van der Waals surface area contributed by atoms with Crippen molar-refractivity contribution in [2.75, 3.05) is 19.6 Å². The van der Waals surface area contributed by atoms with E-state index in [-0.39, 0.29) is 13.0 Å². The molecule has 0 heterocycles. The average molecular weight is 389 g/mol. The van der Waals surface area contributed by atoms with Gasteiger partial charge in [-0.05, 0) is 32.2 Å². The molecular weight excluding hydrogens is 362 g/mol. The van der Waals surface area contributed by atoms with Gasteiger partial charge in [0.25, 0.3) is 0 Å². The summed E-state index contributed by atoms with van der Waals surface area (Å²) in [5.74, 6) is -4.54. The summed E-state index contributed by atoms with van der Waals surface area (Å²) >= 11 is 0. The molecule has 12 nitrogen and oxygen atoms in total. The third kappa shape index (κ3) is 11.5. The summed E-state index contributed by atoms with van der Waals surface area (Å²) in [6.45, 7) is -0.402. The van der Waals surface area contributed by atoms with E-state index in [0.29, 0.717) is 25.8 Å². The van der Waals surface area contributed by atoms with Crippen LogP contribution in [0.2, 0.25) is 0 Å². The summed E-state index contributed by atoms with van der Waals surface area (Å²) in [5, 5.41) is 24.4. The standard InChI is InChI=1S/C15H27N5O7/c16-6-2-1-3-9(19-11(21)7-17)14(25)18-8-12(22)20-10(15(26)27)4-5-13(23)24/h9-10H,1-8,16-17H2,(H,18,25)(H,19,21)(H,20,22)(H,23,24)(H,26,27). The number of nitrogens with one attached hydrogen (secondary N) is 3. The maximum Gasteiger partial charge on any atom is 0.326 e. The first-order valence-electron chi connectivity index (χ1n) is 8.42. The van der Waals surface area contributed by atoms with E-state index in [1.165, 1.54) is 0 Å². The third-order valence-electron chi connectivity index (χ3n) is 3.49. The van der Waals surface area contributed by atoms with E-state index in [4.69, 9.17) is 21.7 Å². The van der Waals surface area contributed by atoms with E-state index in [1.807, 2.05) is 0 Å². The number of hydrogen-bond donors (Lipinski definition) is 7. The normalized spacial score (nSPS) is 12.5. The lowest BCUT2D eigenvalue weighted by Gasteiger charge is -2.18. The van der Waals surface area contributed by atoms with Crippen molar-refractivity contribution in [3.8, 4) is 0 Å². The molecule has 2 unspecified atom stereocenters. The molecule has 0 rings (SSSR count). The van der Waals surface area contributed by atoms with Crippen LogP contribution in [0.5, 0.6) is 0 Å². The van der Waals surface area contributed by atoms with Crippen LogP contribution in [0, 0.1) is 0 Å². The first kappa shape index (κ1) is 24.3. The van der Waals surface area contributed by atoms with Crippen molar-refractivity contribution >= 4 is 29.7 Å². The Hall–Kier alpha value is -2.73. The highest BCUT2D eigenvalue weighted by molar-refractivity contribution is 5.91. The number of rotatable bonds is 14. The van der Waals surface area contributed by atoms with Crippen LogP contribution in [0.15, 0.2) is 0 Å². The van der Waals surface area contributed by atoms with Crippen molar-refractivity contribution in [1.82, 2.24) is 16.0 Å². The van der Waals surface area contributed by atoms with Gasteiger partial charge in [0.15, 0.2) is 0 Å². The second-order valence-corrected chi connectivity index (χ2v) is 5.72. The van der Waals surface area contributed by atoms with Gasteiger partial charge in [-0.2, -0.15) is 0 Å². The summed E-state index contributed by atoms with van der Waals surface area (Å²) in [4.78, 5) is 56.9. The summed E-state index contributed by atoms with van der Waals surface area (Å²) in [7, 11) is 0. The van der Waals surface area contributed by atoms with Crippen molar-refractivity contribution in [3.63, 3.8) is 0 Å². The maximum absolute atomic E-state index is 12.2. The Morgan fingerprint density at radius 1 is 0.852 bits per heavy atom. The van der Waals surface area contributed by atoms with E-state index in [9.17, 15) is 24.0 Å². The molecule has 0 aromatic heterocycles. The van der Waals surface area contributed by atoms with Crippen molar-refractivity contribution in [2.24, 2.45) is 11.5 Å². The van der Waals surface area contributed by atoms with Crippen LogP contribution in [-0.2, 0) is 24.0 Å². The van der Waals surface area contributed by atoms with E-state index >= 15 is 0 Å². The molecule has 0 radical (unpaired) electrons. The highest BCUT2D eigenvalue weighted by Gasteiger charge is 2.23. The number of carboxylic acids is 2. The van der Waals surface area contributed by atoms with Crippen LogP contribution in [0.4, 0.5) is 0 Å². The molecule has 0 aliphatic heterocycles. The van der Waals surface area contributed by atoms with Crippen molar-refractivity contribution < 1.29 is 34.2 Å². The lowest BCUT2D eigenvalue weighted by molar-refractivity contribution is -0.143. The van der Waals surface area contributed by atoms with Gasteiger partial charge in [-0.3, -0.25) is 19.2 Å². The predicted octanol–water partition coefficient (Wildman–Crippen LogP) is -2.89. The highest BCUT2D eigenvalue weighted by Crippen LogP contribution is 2.01. The highest BCUT2D eigenvalue weighted by atomic mass is 16.4. The fraction of sp³-hybridized carbons (Fsp3) is 0.667. The lowest BCUT2D eigenvalue weighted by atomic mass is 10.1. The summed E-state index contributed by atoms with van der Waals surface area (Å²) in [6, 6.07) is -2.29. The summed E-state index contributed by atoms with van der Waals surface area (Å²) < 4.78 is 0. The molecule has 12 heteroatoms. The smallest absolute Gasteiger partial charge is 0.326 e. The van der Waals surface area contributed by atoms with Gasteiger partial charge < -0.3 is 37.6 Å². The monoisotopic (exact) mass is 389 g/mol. The Kier molecular flexibility index (Phi) is 12.1. The Morgan fingerprint density at radius 2 is 1.48 bits per heavy atom. The molecule has 3 amide bonds. The van der Waals surface area contributed by atoms with Gasteiger partial charge in [0, 0.05) is 6.42 Å². The first-order chi connectivity index (χ1) is 12.7. The number of amides is 3. The zero-order valence-electron chi connectivity index (χ0n) is 14.9. The second-order valence-electron chi connectivity index (χ2n) is 5.72. The number of aliphatic carboxylic acids is 2. The molecule has 0 aliphatic carbocycles. The Bertz CT molecular complexity index is 541. The van der Waals surface area contributed by atoms with Crippen LogP contribution in [0.3, 0.4) is 0 Å². The van der Waals surface area contributed by atoms with Gasteiger partial charge >= 0.3 is 11.9 Å². The predicted molar refractivity (Wildman–Crippen MR) is 93.3 cm³/mol. The number of carboxylic acid groups (broad SMARTS) is 2. The summed E-state index contributed by atoms with van der Waals surface area (Å²) in [5.41, 5.74) is 10.6. The van der Waals surface area contributed by atoms with E-state index in [0.717, 1.165) is 0 Å². The summed E-state index contributed by atoms with van der Waals surface area (Å²) in [6.07, 6.45) is 0.790. The van der Waals surface area contributed by atoms with Crippen LogP contribution in [0.25, 0.3) is 0 Å². The fourth-order valence-corrected chi connectivity index (χ4v) is 2.08. The SMILES string of the molecule is NCCCCC(NC(=O)CN)C(=O)NCC(=O)NC(CCC(=O)O)C(=O)O. The minimum atomic E-state index is -1.39. The Morgan fingerprint density at radius 3 is 2.00 bits per heavy atom. The molecule has 2 atom stereocenters. The Balaban J connectivity index is 4.60. The molecule has 0 aromatic carbocycles. The Labute approximate surface area is 156 Å². The van der Waals surface area contributed by atoms with Crippen LogP contribution >= 0.6 is 0 Å². The topological polar surface area (TPSA) is 214 Å². The van der Waals surface area contributed by atoms with Gasteiger partial charge in [0.1, 0.15) is 12.1 Å². The van der Waals surface area contributed by atoms with Crippen LogP contribution in [0.1, 0.15) is 32.1 Å². The van der Waals surface area contributed by atoms with Gasteiger partial charge in [0.05, 0.1) is 13.1 Å².